The van der Waals surface area contributed by atoms with Gasteiger partial charge in [-0.2, -0.15) is 0 Å². The summed E-state index contributed by atoms with van der Waals surface area (Å²) >= 11 is 6.00. The van der Waals surface area contributed by atoms with Gasteiger partial charge in [-0.1, -0.05) is 11.6 Å². The topological polar surface area (TPSA) is 29.1 Å². The molecule has 0 radical (unpaired) electrons. The maximum Gasteiger partial charge on any atom is 0.248 e. The first kappa shape index (κ1) is 9.07. The highest BCUT2D eigenvalue weighted by Crippen LogP contribution is 2.28. The molecular formula is C10H14ClNO. The second-order valence-electron chi connectivity index (χ2n) is 3.84. The van der Waals surface area contributed by atoms with Gasteiger partial charge in [0, 0.05) is 16.6 Å². The second-order valence-corrected chi connectivity index (χ2v) is 4.29. The lowest BCUT2D eigenvalue weighted by Crippen LogP contribution is -2.28. The molecule has 0 aliphatic heterocycles. The Kier molecular flexibility index (Phi) is 2.58. The molecule has 1 fully saturated rings. The minimum Gasteiger partial charge on any atom is -0.350 e. The van der Waals surface area contributed by atoms with Crippen molar-refractivity contribution in [3.05, 3.63) is 10.6 Å². The third kappa shape index (κ3) is 2.25. The van der Waals surface area contributed by atoms with Crippen LogP contribution in [0.1, 0.15) is 38.5 Å². The molecule has 0 saturated heterocycles. The summed E-state index contributed by atoms with van der Waals surface area (Å²) < 4.78 is 0. The first-order chi connectivity index (χ1) is 6.27. The molecule has 0 heterocycles. The quantitative estimate of drug-likeness (QED) is 0.727. The average Bonchev–Trinajstić information content (AvgIpc) is 2.89. The van der Waals surface area contributed by atoms with E-state index in [4.69, 9.17) is 11.6 Å². The standard InChI is InChI=1S/C10H14ClNO/c11-9-4-2-1-3-8(9)10(13)12-7-5-6-7/h7H,1-6H2,(H,12,13). The van der Waals surface area contributed by atoms with Crippen LogP contribution in [0.4, 0.5) is 0 Å². The molecule has 0 aromatic heterocycles. The van der Waals surface area contributed by atoms with E-state index in [1.165, 1.54) is 0 Å². The van der Waals surface area contributed by atoms with Crippen LogP contribution < -0.4 is 5.32 Å². The maximum atomic E-state index is 11.6. The van der Waals surface area contributed by atoms with E-state index in [0.717, 1.165) is 49.1 Å². The highest BCUT2D eigenvalue weighted by atomic mass is 35.5. The zero-order valence-corrected chi connectivity index (χ0v) is 8.36. The summed E-state index contributed by atoms with van der Waals surface area (Å²) in [5.41, 5.74) is 0.833. The third-order valence-corrected chi connectivity index (χ3v) is 3.00. The maximum absolute atomic E-state index is 11.6. The minimum atomic E-state index is 0.0761. The van der Waals surface area contributed by atoms with Crippen LogP contribution in [-0.2, 0) is 4.79 Å². The van der Waals surface area contributed by atoms with Crippen molar-refractivity contribution in [3.8, 4) is 0 Å². The van der Waals surface area contributed by atoms with Crippen LogP contribution in [0.2, 0.25) is 0 Å². The number of amides is 1. The summed E-state index contributed by atoms with van der Waals surface area (Å²) in [6.07, 6.45) is 6.24. The lowest BCUT2D eigenvalue weighted by Gasteiger charge is -2.15. The highest BCUT2D eigenvalue weighted by molar-refractivity contribution is 6.32. The van der Waals surface area contributed by atoms with E-state index < -0.39 is 0 Å². The Morgan fingerprint density at radius 3 is 2.62 bits per heavy atom. The van der Waals surface area contributed by atoms with Crippen LogP contribution in [-0.4, -0.2) is 11.9 Å². The first-order valence-corrected chi connectivity index (χ1v) is 5.33. The molecule has 1 saturated carbocycles. The van der Waals surface area contributed by atoms with Crippen molar-refractivity contribution in [1.82, 2.24) is 5.32 Å². The Morgan fingerprint density at radius 2 is 2.00 bits per heavy atom. The number of rotatable bonds is 2. The van der Waals surface area contributed by atoms with Gasteiger partial charge in [0.25, 0.3) is 0 Å². The molecule has 72 valence electrons. The smallest absolute Gasteiger partial charge is 0.248 e. The molecule has 0 aromatic carbocycles. The van der Waals surface area contributed by atoms with Crippen molar-refractivity contribution in [3.63, 3.8) is 0 Å². The molecular weight excluding hydrogens is 186 g/mol. The van der Waals surface area contributed by atoms with E-state index in [0.29, 0.717) is 6.04 Å². The van der Waals surface area contributed by atoms with Crippen molar-refractivity contribution in [1.29, 1.82) is 0 Å². The molecule has 0 spiro atoms. The van der Waals surface area contributed by atoms with Gasteiger partial charge >= 0.3 is 0 Å². The van der Waals surface area contributed by atoms with Gasteiger partial charge in [0.15, 0.2) is 0 Å². The number of carbonyl (C=O) groups is 1. The van der Waals surface area contributed by atoms with E-state index in [2.05, 4.69) is 5.32 Å². The summed E-state index contributed by atoms with van der Waals surface area (Å²) in [7, 11) is 0. The lowest BCUT2D eigenvalue weighted by atomic mass is 9.99. The molecule has 2 aliphatic carbocycles. The van der Waals surface area contributed by atoms with Gasteiger partial charge < -0.3 is 5.32 Å². The van der Waals surface area contributed by atoms with E-state index >= 15 is 0 Å². The number of hydrogen-bond acceptors (Lipinski definition) is 1. The fourth-order valence-corrected chi connectivity index (χ4v) is 1.92. The molecule has 0 unspecified atom stereocenters. The van der Waals surface area contributed by atoms with Crippen molar-refractivity contribution in [2.45, 2.75) is 44.6 Å². The molecule has 1 amide bonds. The van der Waals surface area contributed by atoms with Crippen LogP contribution in [0.3, 0.4) is 0 Å². The summed E-state index contributed by atoms with van der Waals surface area (Å²) in [4.78, 5) is 11.6. The van der Waals surface area contributed by atoms with Crippen LogP contribution in [0.5, 0.6) is 0 Å². The summed E-state index contributed by atoms with van der Waals surface area (Å²) in [5.74, 6) is 0.0761. The van der Waals surface area contributed by atoms with Crippen molar-refractivity contribution < 1.29 is 4.79 Å². The summed E-state index contributed by atoms with van der Waals surface area (Å²) in [6, 6.07) is 0.436. The molecule has 1 N–H and O–H groups in total. The largest absolute Gasteiger partial charge is 0.350 e. The Hall–Kier alpha value is -0.500. The molecule has 0 bridgehead atoms. The van der Waals surface area contributed by atoms with Gasteiger partial charge in [-0.25, -0.2) is 0 Å². The average molecular weight is 200 g/mol. The number of hydrogen-bond donors (Lipinski definition) is 1. The molecule has 3 heteroatoms. The predicted octanol–water partition coefficient (Wildman–Crippen LogP) is 2.33. The third-order valence-electron chi connectivity index (χ3n) is 2.59. The van der Waals surface area contributed by atoms with Crippen molar-refractivity contribution in [2.24, 2.45) is 0 Å². The van der Waals surface area contributed by atoms with Gasteiger partial charge in [0.1, 0.15) is 0 Å². The molecule has 2 aliphatic rings. The molecule has 13 heavy (non-hydrogen) atoms. The van der Waals surface area contributed by atoms with E-state index in [1.54, 1.807) is 0 Å². The van der Waals surface area contributed by atoms with Crippen molar-refractivity contribution in [2.75, 3.05) is 0 Å². The van der Waals surface area contributed by atoms with E-state index in [1.807, 2.05) is 0 Å². The SMILES string of the molecule is O=C(NC1CC1)C1=C(Cl)CCCC1. The number of carbonyl (C=O) groups excluding carboxylic acids is 1. The van der Waals surface area contributed by atoms with Crippen LogP contribution in [0.15, 0.2) is 10.6 Å². The predicted molar refractivity (Wildman–Crippen MR) is 52.5 cm³/mol. The lowest BCUT2D eigenvalue weighted by molar-refractivity contribution is -0.117. The van der Waals surface area contributed by atoms with Gasteiger partial charge in [-0.15, -0.1) is 0 Å². The van der Waals surface area contributed by atoms with Gasteiger partial charge in [0.2, 0.25) is 5.91 Å². The van der Waals surface area contributed by atoms with Gasteiger partial charge in [-0.3, -0.25) is 4.79 Å². The zero-order valence-electron chi connectivity index (χ0n) is 7.61. The van der Waals surface area contributed by atoms with Gasteiger partial charge in [0.05, 0.1) is 0 Å². The Balaban J connectivity index is 1.99. The normalized spacial score (nSPS) is 23.2. The molecule has 2 nitrogen and oxygen atoms in total. The summed E-state index contributed by atoms with van der Waals surface area (Å²) in [5, 5.41) is 3.75. The van der Waals surface area contributed by atoms with Crippen LogP contribution in [0.25, 0.3) is 0 Å². The second kappa shape index (κ2) is 3.70. The van der Waals surface area contributed by atoms with Crippen LogP contribution >= 0.6 is 11.6 Å². The van der Waals surface area contributed by atoms with Crippen molar-refractivity contribution >= 4 is 17.5 Å². The monoisotopic (exact) mass is 199 g/mol. The number of halogens is 1. The van der Waals surface area contributed by atoms with Crippen LogP contribution in [0, 0.1) is 0 Å². The zero-order chi connectivity index (χ0) is 9.26. The number of allylic oxidation sites excluding steroid dienone is 1. The highest BCUT2D eigenvalue weighted by Gasteiger charge is 2.26. The minimum absolute atomic E-state index is 0.0761. The Bertz CT molecular complexity index is 256. The molecule has 2 rings (SSSR count). The first-order valence-electron chi connectivity index (χ1n) is 4.96. The Labute approximate surface area is 83.3 Å². The fraction of sp³-hybridized carbons (Fsp3) is 0.700. The van der Waals surface area contributed by atoms with Gasteiger partial charge in [-0.05, 0) is 38.5 Å². The Morgan fingerprint density at radius 1 is 1.31 bits per heavy atom. The molecule has 0 atom stereocenters. The van der Waals surface area contributed by atoms with E-state index in [-0.39, 0.29) is 5.91 Å². The molecule has 0 aromatic rings. The fourth-order valence-electron chi connectivity index (χ4n) is 1.61. The summed E-state index contributed by atoms with van der Waals surface area (Å²) in [6.45, 7) is 0. The number of nitrogens with one attached hydrogen (secondary N) is 1. The van der Waals surface area contributed by atoms with E-state index in [9.17, 15) is 4.79 Å².